The van der Waals surface area contributed by atoms with Crippen LogP contribution in [0.2, 0.25) is 0 Å². The third-order valence-corrected chi connectivity index (χ3v) is 3.07. The summed E-state index contributed by atoms with van der Waals surface area (Å²) in [6.45, 7) is 2.06. The zero-order valence-electron chi connectivity index (χ0n) is 9.34. The Hall–Kier alpha value is -1.88. The molecule has 0 radical (unpaired) electrons. The van der Waals surface area contributed by atoms with Gasteiger partial charge in [0.25, 0.3) is 0 Å². The lowest BCUT2D eigenvalue weighted by atomic mass is 10.1. The van der Waals surface area contributed by atoms with E-state index in [1.165, 1.54) is 11.3 Å². The van der Waals surface area contributed by atoms with Gasteiger partial charge in [-0.05, 0) is 30.7 Å². The molecular weight excluding hydrogens is 236 g/mol. The van der Waals surface area contributed by atoms with Crippen LogP contribution in [0.25, 0.3) is 0 Å². The van der Waals surface area contributed by atoms with Crippen molar-refractivity contribution < 1.29 is 9.53 Å². The highest BCUT2D eigenvalue weighted by Crippen LogP contribution is 2.14. The number of carbonyl (C=O) groups is 1. The molecule has 0 saturated carbocycles. The number of nitrogens with zero attached hydrogens (tertiary/aromatic N) is 1. The molecule has 0 amide bonds. The Morgan fingerprint density at radius 1 is 1.53 bits per heavy atom. The van der Waals surface area contributed by atoms with Gasteiger partial charge in [0.05, 0.1) is 5.56 Å². The van der Waals surface area contributed by atoms with Crippen molar-refractivity contribution in [3.8, 4) is 0 Å². The maximum atomic E-state index is 11.7. The van der Waals surface area contributed by atoms with Crippen molar-refractivity contribution >= 4 is 23.0 Å². The lowest BCUT2D eigenvalue weighted by molar-refractivity contribution is 0.0472. The van der Waals surface area contributed by atoms with Crippen LogP contribution in [-0.4, -0.2) is 11.0 Å². The van der Waals surface area contributed by atoms with E-state index in [2.05, 4.69) is 4.98 Å². The molecule has 0 aliphatic rings. The van der Waals surface area contributed by atoms with Gasteiger partial charge in [-0.25, -0.2) is 9.78 Å². The number of hydrogen-bond acceptors (Lipinski definition) is 5. The van der Waals surface area contributed by atoms with E-state index in [1.807, 2.05) is 12.3 Å². The molecule has 1 aromatic heterocycles. The van der Waals surface area contributed by atoms with Gasteiger partial charge >= 0.3 is 5.97 Å². The second-order valence-electron chi connectivity index (χ2n) is 3.57. The predicted octanol–water partition coefficient (Wildman–Crippen LogP) is 2.39. The SMILES string of the molecule is Cc1cc(C(=O)OCc2nccs2)ccc1N. The molecule has 4 nitrogen and oxygen atoms in total. The van der Waals surface area contributed by atoms with E-state index in [1.54, 1.807) is 24.4 Å². The number of nitrogens with two attached hydrogens (primary N) is 1. The highest BCUT2D eigenvalue weighted by molar-refractivity contribution is 7.09. The molecule has 88 valence electrons. The van der Waals surface area contributed by atoms with Gasteiger partial charge in [-0.3, -0.25) is 0 Å². The largest absolute Gasteiger partial charge is 0.455 e. The zero-order chi connectivity index (χ0) is 12.3. The van der Waals surface area contributed by atoms with Gasteiger partial charge in [0.2, 0.25) is 0 Å². The number of thiazole rings is 1. The molecule has 2 aromatic rings. The van der Waals surface area contributed by atoms with E-state index in [9.17, 15) is 4.79 Å². The van der Waals surface area contributed by atoms with Crippen LogP contribution in [0, 0.1) is 6.92 Å². The van der Waals surface area contributed by atoms with E-state index in [0.29, 0.717) is 11.3 Å². The number of esters is 1. The van der Waals surface area contributed by atoms with Gasteiger partial charge in [-0.1, -0.05) is 0 Å². The number of aromatic nitrogens is 1. The molecular formula is C12H12N2O2S. The van der Waals surface area contributed by atoms with Crippen LogP contribution in [-0.2, 0) is 11.3 Å². The fourth-order valence-electron chi connectivity index (χ4n) is 1.34. The highest BCUT2D eigenvalue weighted by Gasteiger charge is 2.09. The molecule has 0 aliphatic heterocycles. The Morgan fingerprint density at radius 2 is 2.35 bits per heavy atom. The Labute approximate surface area is 103 Å². The quantitative estimate of drug-likeness (QED) is 0.669. The molecule has 0 saturated heterocycles. The second-order valence-corrected chi connectivity index (χ2v) is 4.55. The minimum Gasteiger partial charge on any atom is -0.455 e. The van der Waals surface area contributed by atoms with Crippen molar-refractivity contribution in [3.05, 3.63) is 45.9 Å². The first-order valence-electron chi connectivity index (χ1n) is 5.08. The Balaban J connectivity index is 2.02. The molecule has 0 atom stereocenters. The van der Waals surface area contributed by atoms with Gasteiger partial charge in [0, 0.05) is 17.3 Å². The number of ether oxygens (including phenoxy) is 1. The molecule has 0 aliphatic carbocycles. The number of hydrogen-bond donors (Lipinski definition) is 1. The number of anilines is 1. The molecule has 5 heteroatoms. The first-order valence-corrected chi connectivity index (χ1v) is 5.96. The summed E-state index contributed by atoms with van der Waals surface area (Å²) in [4.78, 5) is 15.8. The Kier molecular flexibility index (Phi) is 3.39. The molecule has 0 unspecified atom stereocenters. The van der Waals surface area contributed by atoms with E-state index in [4.69, 9.17) is 10.5 Å². The summed E-state index contributed by atoms with van der Waals surface area (Å²) in [5, 5.41) is 2.63. The zero-order valence-corrected chi connectivity index (χ0v) is 10.2. The average molecular weight is 248 g/mol. The third-order valence-electron chi connectivity index (χ3n) is 2.32. The summed E-state index contributed by atoms with van der Waals surface area (Å²) in [7, 11) is 0. The summed E-state index contributed by atoms with van der Waals surface area (Å²) >= 11 is 1.46. The van der Waals surface area contributed by atoms with Crippen LogP contribution in [0.3, 0.4) is 0 Å². The van der Waals surface area contributed by atoms with Gasteiger partial charge in [0.1, 0.15) is 11.6 Å². The molecule has 0 fully saturated rings. The van der Waals surface area contributed by atoms with Gasteiger partial charge in [0.15, 0.2) is 0 Å². The van der Waals surface area contributed by atoms with Crippen molar-refractivity contribution in [2.45, 2.75) is 13.5 Å². The van der Waals surface area contributed by atoms with Crippen LogP contribution < -0.4 is 5.73 Å². The summed E-state index contributed by atoms with van der Waals surface area (Å²) < 4.78 is 5.14. The number of carbonyl (C=O) groups excluding carboxylic acids is 1. The standard InChI is InChI=1S/C12H12N2O2S/c1-8-6-9(2-3-10(8)13)12(15)16-7-11-14-4-5-17-11/h2-6H,7,13H2,1H3. The maximum Gasteiger partial charge on any atom is 0.338 e. The molecule has 17 heavy (non-hydrogen) atoms. The van der Waals surface area contributed by atoms with E-state index < -0.39 is 0 Å². The normalized spacial score (nSPS) is 10.2. The van der Waals surface area contributed by atoms with Crippen molar-refractivity contribution in [1.29, 1.82) is 0 Å². The van der Waals surface area contributed by atoms with Crippen molar-refractivity contribution in [3.63, 3.8) is 0 Å². The monoisotopic (exact) mass is 248 g/mol. The fraction of sp³-hybridized carbons (Fsp3) is 0.167. The van der Waals surface area contributed by atoms with Crippen molar-refractivity contribution in [2.75, 3.05) is 5.73 Å². The van der Waals surface area contributed by atoms with Crippen LogP contribution in [0.4, 0.5) is 5.69 Å². The topological polar surface area (TPSA) is 65.2 Å². The third kappa shape index (κ3) is 2.82. The van der Waals surface area contributed by atoms with Crippen LogP contribution in [0.15, 0.2) is 29.8 Å². The highest BCUT2D eigenvalue weighted by atomic mass is 32.1. The van der Waals surface area contributed by atoms with Gasteiger partial charge < -0.3 is 10.5 Å². The van der Waals surface area contributed by atoms with E-state index in [-0.39, 0.29) is 12.6 Å². The fourth-order valence-corrected chi connectivity index (χ4v) is 1.87. The van der Waals surface area contributed by atoms with Crippen LogP contribution >= 0.6 is 11.3 Å². The Bertz CT molecular complexity index is 523. The average Bonchev–Trinajstić information content (AvgIpc) is 2.82. The lowest BCUT2D eigenvalue weighted by Crippen LogP contribution is -2.06. The number of nitrogen functional groups attached to an aromatic ring is 1. The van der Waals surface area contributed by atoms with Gasteiger partial charge in [-0.15, -0.1) is 11.3 Å². The van der Waals surface area contributed by atoms with Crippen molar-refractivity contribution in [1.82, 2.24) is 4.98 Å². The maximum absolute atomic E-state index is 11.7. The summed E-state index contributed by atoms with van der Waals surface area (Å²) in [5.74, 6) is -0.358. The first kappa shape index (κ1) is 11.6. The number of rotatable bonds is 3. The lowest BCUT2D eigenvalue weighted by Gasteiger charge is -2.05. The molecule has 2 N–H and O–H groups in total. The smallest absolute Gasteiger partial charge is 0.338 e. The number of aryl methyl sites for hydroxylation is 1. The van der Waals surface area contributed by atoms with Crippen LogP contribution in [0.1, 0.15) is 20.9 Å². The molecule has 0 bridgehead atoms. The summed E-state index contributed by atoms with van der Waals surface area (Å²) in [5.41, 5.74) is 7.72. The van der Waals surface area contributed by atoms with E-state index in [0.717, 1.165) is 10.6 Å². The minimum atomic E-state index is -0.358. The molecule has 1 heterocycles. The molecule has 2 rings (SSSR count). The second kappa shape index (κ2) is 4.97. The van der Waals surface area contributed by atoms with Crippen molar-refractivity contribution in [2.24, 2.45) is 0 Å². The predicted molar refractivity (Wildman–Crippen MR) is 66.8 cm³/mol. The first-order chi connectivity index (χ1) is 8.16. The number of benzene rings is 1. The van der Waals surface area contributed by atoms with Crippen LogP contribution in [0.5, 0.6) is 0 Å². The summed E-state index contributed by atoms with van der Waals surface area (Å²) in [6.07, 6.45) is 1.68. The Morgan fingerprint density at radius 3 is 3.00 bits per heavy atom. The molecule has 1 aromatic carbocycles. The molecule has 0 spiro atoms. The summed E-state index contributed by atoms with van der Waals surface area (Å²) in [6, 6.07) is 5.08. The minimum absolute atomic E-state index is 0.208. The van der Waals surface area contributed by atoms with Gasteiger partial charge in [-0.2, -0.15) is 0 Å². The van der Waals surface area contributed by atoms with E-state index >= 15 is 0 Å².